The standard InChI is InChI=1S/C18H21NO2/c1-12(2)21-16-7-5-6-15(11-16)19-18(20)17-10-13(3)8-9-14(17)4/h5-12H,1-4H3,(H,19,20). The molecule has 0 bridgehead atoms. The van der Waals surface area contributed by atoms with Crippen molar-refractivity contribution in [3.05, 3.63) is 59.2 Å². The predicted octanol–water partition coefficient (Wildman–Crippen LogP) is 4.34. The van der Waals surface area contributed by atoms with E-state index < -0.39 is 0 Å². The number of anilines is 1. The Labute approximate surface area is 126 Å². The molecule has 3 nitrogen and oxygen atoms in total. The van der Waals surface area contributed by atoms with Crippen LogP contribution in [0.1, 0.15) is 35.3 Å². The molecule has 0 radical (unpaired) electrons. The first-order valence-corrected chi connectivity index (χ1v) is 7.11. The summed E-state index contributed by atoms with van der Waals surface area (Å²) in [4.78, 5) is 12.4. The Bertz CT molecular complexity index is 647. The van der Waals surface area contributed by atoms with Crippen molar-refractivity contribution in [3.8, 4) is 5.75 Å². The summed E-state index contributed by atoms with van der Waals surface area (Å²) in [5.74, 6) is 0.654. The molecule has 0 saturated heterocycles. The summed E-state index contributed by atoms with van der Waals surface area (Å²) in [6.07, 6.45) is 0.106. The fraction of sp³-hybridized carbons (Fsp3) is 0.278. The van der Waals surface area contributed by atoms with Crippen molar-refractivity contribution in [2.45, 2.75) is 33.8 Å². The number of hydrogen-bond donors (Lipinski definition) is 1. The van der Waals surface area contributed by atoms with Gasteiger partial charge in [-0.15, -0.1) is 0 Å². The van der Waals surface area contributed by atoms with Gasteiger partial charge in [-0.25, -0.2) is 0 Å². The minimum Gasteiger partial charge on any atom is -0.491 e. The van der Waals surface area contributed by atoms with Gasteiger partial charge in [0.05, 0.1) is 6.10 Å². The lowest BCUT2D eigenvalue weighted by Crippen LogP contribution is -2.14. The number of hydrogen-bond acceptors (Lipinski definition) is 2. The molecule has 0 atom stereocenters. The van der Waals surface area contributed by atoms with Crippen molar-refractivity contribution >= 4 is 11.6 Å². The number of carbonyl (C=O) groups is 1. The Kier molecular flexibility index (Phi) is 4.63. The minimum absolute atomic E-state index is 0.0992. The maximum Gasteiger partial charge on any atom is 0.255 e. The van der Waals surface area contributed by atoms with Crippen LogP contribution in [0.4, 0.5) is 5.69 Å². The second-order valence-electron chi connectivity index (χ2n) is 5.47. The van der Waals surface area contributed by atoms with Gasteiger partial charge in [0.1, 0.15) is 5.75 Å². The van der Waals surface area contributed by atoms with Crippen LogP contribution in [-0.2, 0) is 0 Å². The van der Waals surface area contributed by atoms with Crippen molar-refractivity contribution in [3.63, 3.8) is 0 Å². The highest BCUT2D eigenvalue weighted by atomic mass is 16.5. The molecule has 0 aliphatic heterocycles. The number of carbonyl (C=O) groups excluding carboxylic acids is 1. The van der Waals surface area contributed by atoms with E-state index in [0.29, 0.717) is 5.56 Å². The first-order chi connectivity index (χ1) is 9.95. The van der Waals surface area contributed by atoms with Gasteiger partial charge in [-0.3, -0.25) is 4.79 Å². The highest BCUT2D eigenvalue weighted by molar-refractivity contribution is 6.05. The average molecular weight is 283 g/mol. The van der Waals surface area contributed by atoms with Gasteiger partial charge in [0.25, 0.3) is 5.91 Å². The number of amides is 1. The third-order valence-corrected chi connectivity index (χ3v) is 3.10. The molecule has 0 aliphatic rings. The van der Waals surface area contributed by atoms with Gasteiger partial charge in [0, 0.05) is 17.3 Å². The molecule has 110 valence electrons. The van der Waals surface area contributed by atoms with Crippen LogP contribution in [0.5, 0.6) is 5.75 Å². The second-order valence-corrected chi connectivity index (χ2v) is 5.47. The predicted molar refractivity (Wildman–Crippen MR) is 86.1 cm³/mol. The number of aryl methyl sites for hydroxylation is 2. The van der Waals surface area contributed by atoms with Crippen molar-refractivity contribution in [1.82, 2.24) is 0 Å². The molecule has 0 aliphatic carbocycles. The van der Waals surface area contributed by atoms with Crippen molar-refractivity contribution in [2.75, 3.05) is 5.32 Å². The van der Waals surface area contributed by atoms with Gasteiger partial charge in [0.15, 0.2) is 0 Å². The van der Waals surface area contributed by atoms with Gasteiger partial charge < -0.3 is 10.1 Å². The van der Waals surface area contributed by atoms with Crippen LogP contribution >= 0.6 is 0 Å². The quantitative estimate of drug-likeness (QED) is 0.906. The molecule has 1 N–H and O–H groups in total. The van der Waals surface area contributed by atoms with E-state index in [-0.39, 0.29) is 12.0 Å². The smallest absolute Gasteiger partial charge is 0.255 e. The maximum atomic E-state index is 12.4. The highest BCUT2D eigenvalue weighted by Crippen LogP contribution is 2.20. The molecule has 1 amide bonds. The van der Waals surface area contributed by atoms with Crippen LogP contribution in [0, 0.1) is 13.8 Å². The molecule has 0 heterocycles. The summed E-state index contributed by atoms with van der Waals surface area (Å²) in [5.41, 5.74) is 3.47. The Balaban J connectivity index is 2.17. The molecule has 2 aromatic carbocycles. The molecule has 0 spiro atoms. The molecular weight excluding hydrogens is 262 g/mol. The number of nitrogens with one attached hydrogen (secondary N) is 1. The average Bonchev–Trinajstić information content (AvgIpc) is 2.41. The summed E-state index contributed by atoms with van der Waals surface area (Å²) in [6, 6.07) is 13.3. The van der Waals surface area contributed by atoms with Crippen LogP contribution in [0.2, 0.25) is 0 Å². The number of ether oxygens (including phenoxy) is 1. The number of rotatable bonds is 4. The van der Waals surface area contributed by atoms with E-state index >= 15 is 0 Å². The Hall–Kier alpha value is -2.29. The Morgan fingerprint density at radius 2 is 1.86 bits per heavy atom. The Morgan fingerprint density at radius 3 is 2.57 bits per heavy atom. The Morgan fingerprint density at radius 1 is 1.10 bits per heavy atom. The third kappa shape index (κ3) is 4.09. The van der Waals surface area contributed by atoms with Crippen LogP contribution in [-0.4, -0.2) is 12.0 Å². The topological polar surface area (TPSA) is 38.3 Å². The van der Waals surface area contributed by atoms with Crippen LogP contribution in [0.3, 0.4) is 0 Å². The maximum absolute atomic E-state index is 12.4. The fourth-order valence-corrected chi connectivity index (χ4v) is 2.10. The molecule has 21 heavy (non-hydrogen) atoms. The lowest BCUT2D eigenvalue weighted by Gasteiger charge is -2.12. The zero-order valence-electron chi connectivity index (χ0n) is 12.9. The second kappa shape index (κ2) is 6.44. The zero-order valence-corrected chi connectivity index (χ0v) is 12.9. The van der Waals surface area contributed by atoms with Gasteiger partial charge in [0.2, 0.25) is 0 Å². The monoisotopic (exact) mass is 283 g/mol. The summed E-state index contributed by atoms with van der Waals surface area (Å²) >= 11 is 0. The molecule has 0 fully saturated rings. The van der Waals surface area contributed by atoms with Crippen LogP contribution in [0.15, 0.2) is 42.5 Å². The van der Waals surface area contributed by atoms with Gasteiger partial charge >= 0.3 is 0 Å². The van der Waals surface area contributed by atoms with E-state index in [4.69, 9.17) is 4.74 Å². The molecule has 0 unspecified atom stereocenters. The lowest BCUT2D eigenvalue weighted by atomic mass is 10.1. The van der Waals surface area contributed by atoms with E-state index in [0.717, 1.165) is 22.6 Å². The number of benzene rings is 2. The lowest BCUT2D eigenvalue weighted by molar-refractivity contribution is 0.102. The van der Waals surface area contributed by atoms with Crippen molar-refractivity contribution in [1.29, 1.82) is 0 Å². The zero-order chi connectivity index (χ0) is 15.4. The first kappa shape index (κ1) is 15.1. The third-order valence-electron chi connectivity index (χ3n) is 3.10. The van der Waals surface area contributed by atoms with Gasteiger partial charge in [-0.2, -0.15) is 0 Å². The largest absolute Gasteiger partial charge is 0.491 e. The SMILES string of the molecule is Cc1ccc(C)c(C(=O)Nc2cccc(OC(C)C)c2)c1. The molecule has 3 heteroatoms. The summed E-state index contributed by atoms with van der Waals surface area (Å²) in [7, 11) is 0. The van der Waals surface area contributed by atoms with E-state index in [9.17, 15) is 4.79 Å². The summed E-state index contributed by atoms with van der Waals surface area (Å²) in [5, 5.41) is 2.92. The van der Waals surface area contributed by atoms with Gasteiger partial charge in [-0.1, -0.05) is 23.8 Å². The van der Waals surface area contributed by atoms with Crippen molar-refractivity contribution in [2.24, 2.45) is 0 Å². The fourth-order valence-electron chi connectivity index (χ4n) is 2.10. The minimum atomic E-state index is -0.0992. The van der Waals surface area contributed by atoms with E-state index in [1.807, 2.05) is 70.2 Å². The molecular formula is C18H21NO2. The van der Waals surface area contributed by atoms with Gasteiger partial charge in [-0.05, 0) is 51.5 Å². The molecule has 2 rings (SSSR count). The first-order valence-electron chi connectivity index (χ1n) is 7.11. The van der Waals surface area contributed by atoms with Crippen LogP contribution in [0.25, 0.3) is 0 Å². The van der Waals surface area contributed by atoms with E-state index in [1.165, 1.54) is 0 Å². The molecule has 2 aromatic rings. The highest BCUT2D eigenvalue weighted by Gasteiger charge is 2.10. The summed E-state index contributed by atoms with van der Waals surface area (Å²) < 4.78 is 5.63. The van der Waals surface area contributed by atoms with E-state index in [2.05, 4.69) is 5.32 Å². The molecule has 0 saturated carbocycles. The summed E-state index contributed by atoms with van der Waals surface area (Å²) in [6.45, 7) is 7.86. The van der Waals surface area contributed by atoms with Crippen molar-refractivity contribution < 1.29 is 9.53 Å². The normalized spacial score (nSPS) is 10.5. The van der Waals surface area contributed by atoms with Crippen LogP contribution < -0.4 is 10.1 Å². The van der Waals surface area contributed by atoms with E-state index in [1.54, 1.807) is 0 Å². The molecule has 0 aromatic heterocycles.